The Labute approximate surface area is 489 Å². The fourth-order valence-corrected chi connectivity index (χ4v) is 11.9. The number of ether oxygens (including phenoxy) is 1. The number of amides is 1. The molecule has 2 atom stereocenters. The average molecular weight is 1100 g/mol. The molecule has 0 heterocycles. The maximum atomic E-state index is 12.5. The lowest BCUT2D eigenvalue weighted by Crippen LogP contribution is -2.45. The lowest BCUT2D eigenvalue weighted by Gasteiger charge is -2.22. The van der Waals surface area contributed by atoms with E-state index in [2.05, 4.69) is 19.2 Å². The number of carbonyl (C=O) groups excluding carboxylic acids is 2. The third-order valence-corrected chi connectivity index (χ3v) is 17.4. The van der Waals surface area contributed by atoms with Crippen molar-refractivity contribution >= 4 is 11.9 Å². The standard InChI is InChI=1S/C72H143NO5/c1-3-5-7-9-11-13-15-17-18-19-31-35-38-42-46-50-54-58-62-66-72(77)78-67-63-59-55-51-47-43-39-36-33-30-28-26-24-22-20-21-23-25-27-29-32-34-37-41-45-49-53-57-61-65-71(76)73-69(68-74)70(75)64-60-56-52-48-44-40-16-14-12-10-8-6-4-2/h69-70,74-75H,3-68H2,1-2H3,(H,73,76). The molecule has 6 nitrogen and oxygen atoms in total. The van der Waals surface area contributed by atoms with Gasteiger partial charge in [0.05, 0.1) is 25.4 Å². The van der Waals surface area contributed by atoms with Crippen LogP contribution in [0, 0.1) is 0 Å². The molecular formula is C72H143NO5. The van der Waals surface area contributed by atoms with Crippen molar-refractivity contribution in [3.63, 3.8) is 0 Å². The highest BCUT2D eigenvalue weighted by Crippen LogP contribution is 2.20. The van der Waals surface area contributed by atoms with E-state index in [1.54, 1.807) is 0 Å². The first-order valence-electron chi connectivity index (χ1n) is 36.3. The number of nitrogens with one attached hydrogen (secondary N) is 1. The summed E-state index contributed by atoms with van der Waals surface area (Å²) in [6.07, 6.45) is 83.1. The van der Waals surface area contributed by atoms with Gasteiger partial charge in [0, 0.05) is 12.8 Å². The summed E-state index contributed by atoms with van der Waals surface area (Å²) in [6.45, 7) is 5.00. The van der Waals surface area contributed by atoms with Crippen LogP contribution in [-0.2, 0) is 14.3 Å². The summed E-state index contributed by atoms with van der Waals surface area (Å²) in [5, 5.41) is 23.3. The van der Waals surface area contributed by atoms with Gasteiger partial charge in [0.2, 0.25) is 5.91 Å². The zero-order chi connectivity index (χ0) is 56.4. The predicted molar refractivity (Wildman–Crippen MR) is 343 cm³/mol. The van der Waals surface area contributed by atoms with Gasteiger partial charge in [-0.1, -0.05) is 386 Å². The van der Waals surface area contributed by atoms with Crippen LogP contribution in [0.15, 0.2) is 0 Å². The number of aliphatic hydroxyl groups excluding tert-OH is 2. The maximum absolute atomic E-state index is 12.5. The van der Waals surface area contributed by atoms with Gasteiger partial charge in [-0.25, -0.2) is 0 Å². The van der Waals surface area contributed by atoms with Crippen molar-refractivity contribution in [1.29, 1.82) is 0 Å². The first kappa shape index (κ1) is 76.9. The van der Waals surface area contributed by atoms with E-state index in [0.29, 0.717) is 25.9 Å². The molecule has 0 aromatic heterocycles. The van der Waals surface area contributed by atoms with Crippen LogP contribution >= 0.6 is 0 Å². The second kappa shape index (κ2) is 68.4. The maximum Gasteiger partial charge on any atom is 0.305 e. The second-order valence-electron chi connectivity index (χ2n) is 25.3. The lowest BCUT2D eigenvalue weighted by atomic mass is 10.0. The van der Waals surface area contributed by atoms with Crippen molar-refractivity contribution in [3.05, 3.63) is 0 Å². The van der Waals surface area contributed by atoms with Crippen LogP contribution in [0.4, 0.5) is 0 Å². The number of carbonyl (C=O) groups is 2. The summed E-state index contributed by atoms with van der Waals surface area (Å²) in [4.78, 5) is 24.6. The van der Waals surface area contributed by atoms with Crippen molar-refractivity contribution in [2.45, 2.75) is 437 Å². The Balaban J connectivity index is 3.29. The Hall–Kier alpha value is -1.14. The molecule has 0 saturated heterocycles. The average Bonchev–Trinajstić information content (AvgIpc) is 3.44. The van der Waals surface area contributed by atoms with Crippen molar-refractivity contribution in [2.24, 2.45) is 0 Å². The first-order valence-corrected chi connectivity index (χ1v) is 36.3. The quantitative estimate of drug-likeness (QED) is 0.0417. The highest BCUT2D eigenvalue weighted by molar-refractivity contribution is 5.76. The van der Waals surface area contributed by atoms with E-state index in [9.17, 15) is 19.8 Å². The normalized spacial score (nSPS) is 12.4. The summed E-state index contributed by atoms with van der Waals surface area (Å²) < 4.78 is 5.52. The molecule has 1 amide bonds. The van der Waals surface area contributed by atoms with Crippen LogP contribution in [-0.4, -0.2) is 47.4 Å². The molecule has 0 aliphatic rings. The molecule has 0 saturated carbocycles. The zero-order valence-corrected chi connectivity index (χ0v) is 53.4. The van der Waals surface area contributed by atoms with Gasteiger partial charge in [0.15, 0.2) is 0 Å². The summed E-state index contributed by atoms with van der Waals surface area (Å²) in [7, 11) is 0. The van der Waals surface area contributed by atoms with Gasteiger partial charge in [0.25, 0.3) is 0 Å². The number of hydrogen-bond donors (Lipinski definition) is 3. The zero-order valence-electron chi connectivity index (χ0n) is 53.4. The van der Waals surface area contributed by atoms with Gasteiger partial charge in [-0.2, -0.15) is 0 Å². The van der Waals surface area contributed by atoms with Crippen molar-refractivity contribution < 1.29 is 24.5 Å². The fourth-order valence-electron chi connectivity index (χ4n) is 11.9. The molecule has 0 fully saturated rings. The molecule has 0 bridgehead atoms. The smallest absolute Gasteiger partial charge is 0.305 e. The molecule has 0 rings (SSSR count). The molecule has 0 radical (unpaired) electrons. The molecule has 6 heteroatoms. The molecule has 0 aromatic carbocycles. The Morgan fingerprint density at radius 2 is 0.526 bits per heavy atom. The number of rotatable bonds is 69. The minimum atomic E-state index is -0.660. The van der Waals surface area contributed by atoms with E-state index in [4.69, 9.17) is 4.74 Å². The van der Waals surface area contributed by atoms with Gasteiger partial charge in [-0.05, 0) is 25.7 Å². The molecule has 0 aliphatic carbocycles. The van der Waals surface area contributed by atoms with Crippen LogP contribution in [0.3, 0.4) is 0 Å². The third-order valence-electron chi connectivity index (χ3n) is 17.4. The summed E-state index contributed by atoms with van der Waals surface area (Å²) in [6, 6.07) is -0.537. The predicted octanol–water partition coefficient (Wildman–Crippen LogP) is 23.4. The van der Waals surface area contributed by atoms with E-state index in [-0.39, 0.29) is 18.5 Å². The molecule has 78 heavy (non-hydrogen) atoms. The minimum Gasteiger partial charge on any atom is -0.466 e. The van der Waals surface area contributed by atoms with Crippen LogP contribution < -0.4 is 5.32 Å². The number of hydrogen-bond acceptors (Lipinski definition) is 5. The highest BCUT2D eigenvalue weighted by atomic mass is 16.5. The molecule has 0 aromatic rings. The molecular weight excluding hydrogens is 959 g/mol. The largest absolute Gasteiger partial charge is 0.466 e. The number of aliphatic hydroxyl groups is 2. The summed E-state index contributed by atoms with van der Waals surface area (Å²) in [5.74, 6) is -0.00287. The topological polar surface area (TPSA) is 95.9 Å². The van der Waals surface area contributed by atoms with E-state index in [0.717, 1.165) is 38.5 Å². The van der Waals surface area contributed by atoms with E-state index < -0.39 is 12.1 Å². The highest BCUT2D eigenvalue weighted by Gasteiger charge is 2.20. The van der Waals surface area contributed by atoms with Crippen LogP contribution in [0.2, 0.25) is 0 Å². The van der Waals surface area contributed by atoms with Gasteiger partial charge in [-0.15, -0.1) is 0 Å². The van der Waals surface area contributed by atoms with Gasteiger partial charge in [0.1, 0.15) is 0 Å². The molecule has 466 valence electrons. The number of esters is 1. The van der Waals surface area contributed by atoms with E-state index >= 15 is 0 Å². The molecule has 3 N–H and O–H groups in total. The Morgan fingerprint density at radius 1 is 0.308 bits per heavy atom. The monoisotopic (exact) mass is 1100 g/mol. The second-order valence-corrected chi connectivity index (χ2v) is 25.3. The summed E-state index contributed by atoms with van der Waals surface area (Å²) >= 11 is 0. The Bertz CT molecular complexity index is 1130. The molecule has 2 unspecified atom stereocenters. The SMILES string of the molecule is CCCCCCCCCCCCCCCCCCCCCC(=O)OCCCCCCCCCCCCCCCCCCCCCCCCCCCCCCCC(=O)NC(CO)C(O)CCCCCCCCCCCCCCC. The van der Waals surface area contributed by atoms with Crippen LogP contribution in [0.1, 0.15) is 425 Å². The van der Waals surface area contributed by atoms with Crippen LogP contribution in [0.25, 0.3) is 0 Å². The minimum absolute atomic E-state index is 0.0256. The van der Waals surface area contributed by atoms with Crippen molar-refractivity contribution in [1.82, 2.24) is 5.32 Å². The Morgan fingerprint density at radius 3 is 0.782 bits per heavy atom. The molecule has 0 aliphatic heterocycles. The molecule has 0 spiro atoms. The van der Waals surface area contributed by atoms with Gasteiger partial charge >= 0.3 is 5.97 Å². The Kier molecular flexibility index (Phi) is 67.4. The van der Waals surface area contributed by atoms with Crippen molar-refractivity contribution in [2.75, 3.05) is 13.2 Å². The number of unbranched alkanes of at least 4 members (excludes halogenated alkanes) is 58. The van der Waals surface area contributed by atoms with Crippen LogP contribution in [0.5, 0.6) is 0 Å². The van der Waals surface area contributed by atoms with Gasteiger partial charge < -0.3 is 20.3 Å². The van der Waals surface area contributed by atoms with E-state index in [1.165, 1.54) is 353 Å². The first-order chi connectivity index (χ1) is 38.5. The fraction of sp³-hybridized carbons (Fsp3) is 0.972. The van der Waals surface area contributed by atoms with Crippen molar-refractivity contribution in [3.8, 4) is 0 Å². The summed E-state index contributed by atoms with van der Waals surface area (Å²) in [5.41, 5.74) is 0. The lowest BCUT2D eigenvalue weighted by molar-refractivity contribution is -0.143. The van der Waals surface area contributed by atoms with E-state index in [1.807, 2.05) is 0 Å². The van der Waals surface area contributed by atoms with Gasteiger partial charge in [-0.3, -0.25) is 9.59 Å². The third kappa shape index (κ3) is 64.0.